The van der Waals surface area contributed by atoms with Crippen LogP contribution >= 0.6 is 12.2 Å². The molecule has 1 aromatic heterocycles. The average molecular weight is 235 g/mol. The van der Waals surface area contributed by atoms with Crippen molar-refractivity contribution in [2.24, 2.45) is 5.73 Å². The van der Waals surface area contributed by atoms with Crippen LogP contribution in [0.3, 0.4) is 0 Å². The van der Waals surface area contributed by atoms with Gasteiger partial charge >= 0.3 is 0 Å². The first-order valence-electron chi connectivity index (χ1n) is 4.74. The van der Waals surface area contributed by atoms with Gasteiger partial charge in [0.25, 0.3) is 0 Å². The van der Waals surface area contributed by atoms with Crippen molar-refractivity contribution in [2.45, 2.75) is 13.3 Å². The molecule has 84 valence electrons. The van der Waals surface area contributed by atoms with E-state index in [9.17, 15) is 4.79 Å². The molecule has 0 aliphatic carbocycles. The Morgan fingerprint density at radius 2 is 2.44 bits per heavy atom. The van der Waals surface area contributed by atoms with Gasteiger partial charge in [-0.1, -0.05) is 6.07 Å². The second-order valence-corrected chi connectivity index (χ2v) is 3.74. The number of hydrogen-bond donors (Lipinski definition) is 2. The number of nitrogens with two attached hydrogens (primary N) is 1. The van der Waals surface area contributed by atoms with Crippen LogP contribution < -0.4 is 11.1 Å². The lowest BCUT2D eigenvalue weighted by molar-refractivity contribution is -0.116. The Hall–Kier alpha value is -1.75. The van der Waals surface area contributed by atoms with E-state index in [4.69, 9.17) is 18.0 Å². The number of hydrogen-bond acceptors (Lipinski definition) is 3. The number of rotatable bonds is 4. The highest BCUT2D eigenvalue weighted by Crippen LogP contribution is 2.16. The van der Waals surface area contributed by atoms with Crippen LogP contribution in [0.15, 0.2) is 30.7 Å². The van der Waals surface area contributed by atoms with Crippen LogP contribution in [0, 0.1) is 0 Å². The highest BCUT2D eigenvalue weighted by atomic mass is 32.1. The largest absolute Gasteiger partial charge is 0.376 e. The Labute approximate surface area is 99.6 Å². The first-order chi connectivity index (χ1) is 7.59. The first-order valence-corrected chi connectivity index (χ1v) is 5.15. The molecule has 0 unspecified atom stereocenters. The van der Waals surface area contributed by atoms with Crippen molar-refractivity contribution in [2.75, 3.05) is 0 Å². The SMILES string of the molecule is CC(=O)CC(=CNC(N)=S)c1cccnc1. The van der Waals surface area contributed by atoms with Crippen molar-refractivity contribution >= 4 is 28.7 Å². The van der Waals surface area contributed by atoms with Crippen LogP contribution in [0.1, 0.15) is 18.9 Å². The van der Waals surface area contributed by atoms with E-state index >= 15 is 0 Å². The molecular formula is C11H13N3OS. The number of pyridine rings is 1. The first kappa shape index (κ1) is 12.3. The molecule has 0 amide bonds. The number of allylic oxidation sites excluding steroid dienone is 1. The van der Waals surface area contributed by atoms with Crippen molar-refractivity contribution in [1.29, 1.82) is 0 Å². The molecule has 0 bridgehead atoms. The van der Waals surface area contributed by atoms with E-state index in [2.05, 4.69) is 10.3 Å². The van der Waals surface area contributed by atoms with Crippen molar-refractivity contribution in [1.82, 2.24) is 10.3 Å². The molecular weight excluding hydrogens is 222 g/mol. The lowest BCUT2D eigenvalue weighted by Gasteiger charge is -2.06. The van der Waals surface area contributed by atoms with Gasteiger partial charge in [-0.25, -0.2) is 0 Å². The molecule has 0 spiro atoms. The Bertz CT molecular complexity index is 414. The lowest BCUT2D eigenvalue weighted by Crippen LogP contribution is -2.24. The summed E-state index contributed by atoms with van der Waals surface area (Å²) < 4.78 is 0. The van der Waals surface area contributed by atoms with Gasteiger partial charge in [0.1, 0.15) is 5.78 Å². The molecule has 0 atom stereocenters. The molecule has 0 aromatic carbocycles. The van der Waals surface area contributed by atoms with Crippen LogP contribution in [0.5, 0.6) is 0 Å². The molecule has 0 aliphatic rings. The lowest BCUT2D eigenvalue weighted by atomic mass is 10.0. The molecule has 0 saturated heterocycles. The third-order valence-electron chi connectivity index (χ3n) is 1.86. The third kappa shape index (κ3) is 4.18. The molecule has 0 radical (unpaired) electrons. The molecule has 16 heavy (non-hydrogen) atoms. The van der Waals surface area contributed by atoms with Gasteiger partial charge in [0, 0.05) is 25.0 Å². The monoisotopic (exact) mass is 235 g/mol. The fourth-order valence-electron chi connectivity index (χ4n) is 1.22. The topological polar surface area (TPSA) is 68.0 Å². The summed E-state index contributed by atoms with van der Waals surface area (Å²) in [6, 6.07) is 3.69. The number of nitrogens with one attached hydrogen (secondary N) is 1. The fourth-order valence-corrected chi connectivity index (χ4v) is 1.27. The van der Waals surface area contributed by atoms with Crippen LogP contribution in [-0.2, 0) is 4.79 Å². The minimum atomic E-state index is 0.0693. The van der Waals surface area contributed by atoms with Crippen molar-refractivity contribution in [3.05, 3.63) is 36.3 Å². The zero-order chi connectivity index (χ0) is 12.0. The zero-order valence-corrected chi connectivity index (χ0v) is 9.75. The molecule has 0 fully saturated rings. The van der Waals surface area contributed by atoms with Gasteiger partial charge in [0.15, 0.2) is 5.11 Å². The molecule has 1 heterocycles. The summed E-state index contributed by atoms with van der Waals surface area (Å²) in [5.41, 5.74) is 7.01. The van der Waals surface area contributed by atoms with Gasteiger partial charge in [-0.2, -0.15) is 0 Å². The minimum Gasteiger partial charge on any atom is -0.376 e. The average Bonchev–Trinajstić information content (AvgIpc) is 2.25. The second-order valence-electron chi connectivity index (χ2n) is 3.30. The standard InChI is InChI=1S/C11H13N3OS/c1-8(15)5-10(7-14-11(12)16)9-3-2-4-13-6-9/h2-4,6-7H,5H2,1H3,(H3,12,14,16). The van der Waals surface area contributed by atoms with E-state index in [-0.39, 0.29) is 10.9 Å². The van der Waals surface area contributed by atoms with Crippen LogP contribution in [0.2, 0.25) is 0 Å². The Kier molecular flexibility index (Phi) is 4.60. The van der Waals surface area contributed by atoms with E-state index in [0.29, 0.717) is 6.42 Å². The number of carbonyl (C=O) groups excluding carboxylic acids is 1. The predicted molar refractivity (Wildman–Crippen MR) is 67.4 cm³/mol. The second kappa shape index (κ2) is 5.97. The number of nitrogens with zero attached hydrogens (tertiary/aromatic N) is 1. The summed E-state index contributed by atoms with van der Waals surface area (Å²) in [6.45, 7) is 1.53. The summed E-state index contributed by atoms with van der Waals surface area (Å²) in [7, 11) is 0. The number of Topliss-reactive ketones (excluding diaryl/α,β-unsaturated/α-hetero) is 1. The molecule has 1 rings (SSSR count). The maximum atomic E-state index is 11.1. The molecule has 0 aliphatic heterocycles. The maximum Gasteiger partial charge on any atom is 0.167 e. The van der Waals surface area contributed by atoms with Crippen LogP contribution in [0.4, 0.5) is 0 Å². The Morgan fingerprint density at radius 1 is 1.69 bits per heavy atom. The highest BCUT2D eigenvalue weighted by Gasteiger charge is 2.04. The summed E-state index contributed by atoms with van der Waals surface area (Å²) in [4.78, 5) is 15.1. The Morgan fingerprint density at radius 3 is 2.94 bits per heavy atom. The van der Waals surface area contributed by atoms with Gasteiger partial charge in [0.05, 0.1) is 0 Å². The van der Waals surface area contributed by atoms with Crippen LogP contribution in [-0.4, -0.2) is 15.9 Å². The number of ketones is 1. The summed E-state index contributed by atoms with van der Waals surface area (Å²) in [6.07, 6.45) is 5.33. The van der Waals surface area contributed by atoms with E-state index in [1.807, 2.05) is 12.1 Å². The van der Waals surface area contributed by atoms with Gasteiger partial charge in [-0.15, -0.1) is 0 Å². The molecule has 0 saturated carbocycles. The van der Waals surface area contributed by atoms with E-state index in [1.165, 1.54) is 6.92 Å². The van der Waals surface area contributed by atoms with Crippen molar-refractivity contribution < 1.29 is 4.79 Å². The fraction of sp³-hybridized carbons (Fsp3) is 0.182. The van der Waals surface area contributed by atoms with Crippen LogP contribution in [0.25, 0.3) is 5.57 Å². The summed E-state index contributed by atoms with van der Waals surface area (Å²) in [5, 5.41) is 2.89. The third-order valence-corrected chi connectivity index (χ3v) is 1.98. The highest BCUT2D eigenvalue weighted by molar-refractivity contribution is 7.80. The van der Waals surface area contributed by atoms with Crippen molar-refractivity contribution in [3.8, 4) is 0 Å². The maximum absolute atomic E-state index is 11.1. The van der Waals surface area contributed by atoms with E-state index in [0.717, 1.165) is 11.1 Å². The normalized spacial score (nSPS) is 10.9. The number of aromatic nitrogens is 1. The van der Waals surface area contributed by atoms with E-state index < -0.39 is 0 Å². The number of thiocarbonyl (C=S) groups is 1. The van der Waals surface area contributed by atoms with Gasteiger partial charge in [-0.3, -0.25) is 9.78 Å². The minimum absolute atomic E-state index is 0.0693. The molecule has 3 N–H and O–H groups in total. The number of carbonyl (C=O) groups is 1. The quantitative estimate of drug-likeness (QED) is 0.768. The summed E-state index contributed by atoms with van der Waals surface area (Å²) >= 11 is 4.70. The zero-order valence-electron chi connectivity index (χ0n) is 8.93. The molecule has 5 heteroatoms. The predicted octanol–water partition coefficient (Wildman–Crippen LogP) is 1.23. The van der Waals surface area contributed by atoms with Gasteiger partial charge in [0.2, 0.25) is 0 Å². The smallest absolute Gasteiger partial charge is 0.167 e. The summed E-state index contributed by atoms with van der Waals surface area (Å²) in [5.74, 6) is 0.0693. The molecule has 1 aromatic rings. The van der Waals surface area contributed by atoms with Crippen molar-refractivity contribution in [3.63, 3.8) is 0 Å². The molecule has 4 nitrogen and oxygen atoms in total. The van der Waals surface area contributed by atoms with E-state index in [1.54, 1.807) is 18.6 Å². The van der Waals surface area contributed by atoms with Gasteiger partial charge in [-0.05, 0) is 36.3 Å². The Balaban J connectivity index is 2.91. The van der Waals surface area contributed by atoms with Gasteiger partial charge < -0.3 is 11.1 Å².